The molecule has 0 spiro atoms. The average molecular weight is 287 g/mol. The molecule has 1 atom stereocenters. The summed E-state index contributed by atoms with van der Waals surface area (Å²) in [5, 5.41) is 10.8. The monoisotopic (exact) mass is 287 g/mol. The van der Waals surface area contributed by atoms with E-state index in [1.54, 1.807) is 6.20 Å². The molecule has 2 heterocycles. The summed E-state index contributed by atoms with van der Waals surface area (Å²) in [4.78, 5) is 6.61. The number of pyridine rings is 1. The van der Waals surface area contributed by atoms with Crippen LogP contribution in [0.5, 0.6) is 0 Å². The van der Waals surface area contributed by atoms with Crippen molar-refractivity contribution in [1.29, 1.82) is 0 Å². The van der Waals surface area contributed by atoms with Crippen LogP contribution in [-0.4, -0.2) is 45.8 Å². The van der Waals surface area contributed by atoms with Gasteiger partial charge < -0.3 is 5.32 Å². The molecule has 2 aromatic rings. The molecule has 0 aliphatic carbocycles. The Morgan fingerprint density at radius 1 is 1.29 bits per heavy atom. The van der Waals surface area contributed by atoms with Crippen LogP contribution in [0.1, 0.15) is 26.3 Å². The van der Waals surface area contributed by atoms with E-state index in [1.807, 2.05) is 24.5 Å². The van der Waals surface area contributed by atoms with Crippen LogP contribution in [0.2, 0.25) is 0 Å². The fraction of sp³-hybridized carbons (Fsp3) is 0.500. The van der Waals surface area contributed by atoms with Gasteiger partial charge in [-0.3, -0.25) is 15.0 Å². The van der Waals surface area contributed by atoms with Gasteiger partial charge >= 0.3 is 0 Å². The number of rotatable bonds is 8. The Bertz CT molecular complexity index is 518. The predicted octanol–water partition coefficient (Wildman–Crippen LogP) is 2.29. The van der Waals surface area contributed by atoms with E-state index >= 15 is 0 Å². The summed E-state index contributed by atoms with van der Waals surface area (Å²) in [6.45, 7) is 10.6. The number of aromatic nitrogens is 3. The maximum atomic E-state index is 4.16. The van der Waals surface area contributed by atoms with Gasteiger partial charge in [-0.15, -0.1) is 0 Å². The minimum atomic E-state index is 0.536. The SMILES string of the molecule is CCN(CC)C(C)CNCc1cn[nH]c1-c1cccnc1. The van der Waals surface area contributed by atoms with Crippen LogP contribution in [0.25, 0.3) is 11.3 Å². The molecule has 0 saturated carbocycles. The van der Waals surface area contributed by atoms with Gasteiger partial charge in [0.1, 0.15) is 0 Å². The minimum Gasteiger partial charge on any atom is -0.311 e. The van der Waals surface area contributed by atoms with E-state index in [-0.39, 0.29) is 0 Å². The van der Waals surface area contributed by atoms with Crippen LogP contribution < -0.4 is 5.32 Å². The van der Waals surface area contributed by atoms with E-state index in [9.17, 15) is 0 Å². The van der Waals surface area contributed by atoms with E-state index < -0.39 is 0 Å². The van der Waals surface area contributed by atoms with Gasteiger partial charge in [-0.1, -0.05) is 13.8 Å². The predicted molar refractivity (Wildman–Crippen MR) is 85.9 cm³/mol. The topological polar surface area (TPSA) is 56.8 Å². The Morgan fingerprint density at radius 2 is 2.10 bits per heavy atom. The van der Waals surface area contributed by atoms with Crippen molar-refractivity contribution in [3.8, 4) is 11.3 Å². The van der Waals surface area contributed by atoms with Crippen molar-refractivity contribution < 1.29 is 0 Å². The molecule has 1 unspecified atom stereocenters. The molecule has 0 fully saturated rings. The Balaban J connectivity index is 1.92. The Hall–Kier alpha value is -1.72. The maximum absolute atomic E-state index is 4.16. The van der Waals surface area contributed by atoms with Crippen LogP contribution in [0.3, 0.4) is 0 Å². The van der Waals surface area contributed by atoms with Gasteiger partial charge in [-0.2, -0.15) is 5.10 Å². The van der Waals surface area contributed by atoms with Crippen molar-refractivity contribution in [2.75, 3.05) is 19.6 Å². The van der Waals surface area contributed by atoms with Crippen molar-refractivity contribution >= 4 is 0 Å². The Morgan fingerprint density at radius 3 is 2.76 bits per heavy atom. The number of aromatic amines is 1. The standard InChI is InChI=1S/C16H25N5/c1-4-21(5-2)13(3)9-18-11-15-12-19-20-16(15)14-7-6-8-17-10-14/h6-8,10,12-13,18H,4-5,9,11H2,1-3H3,(H,19,20). The molecule has 0 bridgehead atoms. The zero-order valence-electron chi connectivity index (χ0n) is 13.1. The molecule has 0 aromatic carbocycles. The molecule has 0 saturated heterocycles. The van der Waals surface area contributed by atoms with Gasteiger partial charge in [0.05, 0.1) is 11.9 Å². The maximum Gasteiger partial charge on any atom is 0.0710 e. The number of nitrogens with zero attached hydrogens (tertiary/aromatic N) is 3. The van der Waals surface area contributed by atoms with Crippen LogP contribution in [-0.2, 0) is 6.54 Å². The van der Waals surface area contributed by atoms with Gasteiger partial charge in [0.25, 0.3) is 0 Å². The number of likely N-dealkylation sites (N-methyl/N-ethyl adjacent to an activating group) is 1. The summed E-state index contributed by atoms with van der Waals surface area (Å²) in [5.74, 6) is 0. The second-order valence-corrected chi connectivity index (χ2v) is 5.21. The lowest BCUT2D eigenvalue weighted by Gasteiger charge is -2.26. The first-order chi connectivity index (χ1) is 10.3. The third-order valence-electron chi connectivity index (χ3n) is 3.86. The van der Waals surface area contributed by atoms with Crippen LogP contribution in [0.4, 0.5) is 0 Å². The Labute approximate surface area is 126 Å². The molecule has 2 rings (SSSR count). The molecule has 5 nitrogen and oxygen atoms in total. The zero-order valence-corrected chi connectivity index (χ0v) is 13.1. The molecule has 0 aliphatic rings. The highest BCUT2D eigenvalue weighted by Gasteiger charge is 2.11. The largest absolute Gasteiger partial charge is 0.311 e. The van der Waals surface area contributed by atoms with Gasteiger partial charge in [0.15, 0.2) is 0 Å². The van der Waals surface area contributed by atoms with E-state index in [2.05, 4.69) is 46.2 Å². The minimum absolute atomic E-state index is 0.536. The van der Waals surface area contributed by atoms with Gasteiger partial charge in [0.2, 0.25) is 0 Å². The fourth-order valence-electron chi connectivity index (χ4n) is 2.60. The molecular weight excluding hydrogens is 262 g/mol. The molecule has 0 radical (unpaired) electrons. The summed E-state index contributed by atoms with van der Waals surface area (Å²) < 4.78 is 0. The molecule has 2 aromatic heterocycles. The van der Waals surface area contributed by atoms with E-state index in [0.717, 1.165) is 37.4 Å². The second-order valence-electron chi connectivity index (χ2n) is 5.21. The number of hydrogen-bond acceptors (Lipinski definition) is 4. The third-order valence-corrected chi connectivity index (χ3v) is 3.86. The van der Waals surface area contributed by atoms with Crippen LogP contribution >= 0.6 is 0 Å². The molecular formula is C16H25N5. The molecule has 21 heavy (non-hydrogen) atoms. The van der Waals surface area contributed by atoms with Crippen molar-refractivity contribution in [2.45, 2.75) is 33.4 Å². The summed E-state index contributed by atoms with van der Waals surface area (Å²) in [6, 6.07) is 4.52. The normalized spacial score (nSPS) is 12.8. The lowest BCUT2D eigenvalue weighted by Crippen LogP contribution is -2.39. The van der Waals surface area contributed by atoms with Crippen LogP contribution in [0.15, 0.2) is 30.7 Å². The number of H-pyrrole nitrogens is 1. The van der Waals surface area contributed by atoms with Gasteiger partial charge in [0, 0.05) is 42.7 Å². The summed E-state index contributed by atoms with van der Waals surface area (Å²) >= 11 is 0. The molecule has 5 heteroatoms. The first-order valence-electron chi connectivity index (χ1n) is 7.63. The van der Waals surface area contributed by atoms with E-state index in [1.165, 1.54) is 5.56 Å². The first kappa shape index (κ1) is 15.7. The first-order valence-corrected chi connectivity index (χ1v) is 7.63. The highest BCUT2D eigenvalue weighted by molar-refractivity contribution is 5.61. The second kappa shape index (κ2) is 7.90. The van der Waals surface area contributed by atoms with Crippen molar-refractivity contribution in [1.82, 2.24) is 25.4 Å². The smallest absolute Gasteiger partial charge is 0.0710 e. The molecule has 2 N–H and O–H groups in total. The van der Waals surface area contributed by atoms with Gasteiger partial charge in [-0.05, 0) is 32.1 Å². The Kier molecular flexibility index (Phi) is 5.90. The summed E-state index contributed by atoms with van der Waals surface area (Å²) in [6.07, 6.45) is 5.52. The zero-order chi connectivity index (χ0) is 15.1. The highest BCUT2D eigenvalue weighted by Crippen LogP contribution is 2.19. The van der Waals surface area contributed by atoms with Crippen LogP contribution in [0, 0.1) is 0 Å². The summed E-state index contributed by atoms with van der Waals surface area (Å²) in [5.41, 5.74) is 3.30. The molecule has 114 valence electrons. The summed E-state index contributed by atoms with van der Waals surface area (Å²) in [7, 11) is 0. The number of hydrogen-bond donors (Lipinski definition) is 2. The van der Waals surface area contributed by atoms with Crippen molar-refractivity contribution in [2.24, 2.45) is 0 Å². The lowest BCUT2D eigenvalue weighted by atomic mass is 10.1. The fourth-order valence-corrected chi connectivity index (χ4v) is 2.60. The molecule has 0 aliphatic heterocycles. The quantitative estimate of drug-likeness (QED) is 0.782. The third kappa shape index (κ3) is 4.12. The lowest BCUT2D eigenvalue weighted by molar-refractivity contribution is 0.225. The van der Waals surface area contributed by atoms with Crippen molar-refractivity contribution in [3.63, 3.8) is 0 Å². The van der Waals surface area contributed by atoms with Gasteiger partial charge in [-0.25, -0.2) is 0 Å². The highest BCUT2D eigenvalue weighted by atomic mass is 15.2. The van der Waals surface area contributed by atoms with E-state index in [4.69, 9.17) is 0 Å². The van der Waals surface area contributed by atoms with E-state index in [0.29, 0.717) is 6.04 Å². The average Bonchev–Trinajstić information content (AvgIpc) is 2.98. The van der Waals surface area contributed by atoms with Crippen molar-refractivity contribution in [3.05, 3.63) is 36.3 Å². The molecule has 0 amide bonds. The number of nitrogens with one attached hydrogen (secondary N) is 2.